The number of carbonyl (C=O) groups is 1. The van der Waals surface area contributed by atoms with Crippen LogP contribution in [0.1, 0.15) is 46.6 Å². The molecule has 2 N–H and O–H groups in total. The predicted molar refractivity (Wildman–Crippen MR) is 75.6 cm³/mol. The number of nitrogens with zero attached hydrogens (tertiary/aromatic N) is 2. The Labute approximate surface area is 116 Å². The Balaban J connectivity index is 1.83. The number of aromatic amines is 1. The standard InChI is InChI=1S/C13H18N4OS/c1-8(2)11-6-12(17-16-11)13(18)14-5-4-10-7-19-9(3)15-10/h6-8H,4-5H2,1-3H3,(H,14,18)(H,16,17). The third-order valence-corrected chi connectivity index (χ3v) is 3.61. The number of aryl methyl sites for hydroxylation is 1. The lowest BCUT2D eigenvalue weighted by Gasteiger charge is -2.01. The SMILES string of the molecule is Cc1nc(CCNC(=O)c2cc(C(C)C)[nH]n2)cs1. The average molecular weight is 278 g/mol. The molecule has 0 aliphatic carbocycles. The number of amides is 1. The summed E-state index contributed by atoms with van der Waals surface area (Å²) in [5, 5.41) is 12.8. The summed E-state index contributed by atoms with van der Waals surface area (Å²) in [6, 6.07) is 1.80. The molecule has 0 unspecified atom stereocenters. The minimum Gasteiger partial charge on any atom is -0.350 e. The number of aromatic nitrogens is 3. The summed E-state index contributed by atoms with van der Waals surface area (Å²) in [6.45, 7) is 6.66. The van der Waals surface area contributed by atoms with Crippen molar-refractivity contribution >= 4 is 17.2 Å². The highest BCUT2D eigenvalue weighted by molar-refractivity contribution is 7.09. The van der Waals surface area contributed by atoms with Crippen molar-refractivity contribution in [3.8, 4) is 0 Å². The van der Waals surface area contributed by atoms with Crippen LogP contribution in [-0.2, 0) is 6.42 Å². The monoisotopic (exact) mass is 278 g/mol. The van der Waals surface area contributed by atoms with Crippen LogP contribution in [0.25, 0.3) is 0 Å². The summed E-state index contributed by atoms with van der Waals surface area (Å²) in [5.74, 6) is 0.196. The van der Waals surface area contributed by atoms with Gasteiger partial charge in [-0.05, 0) is 18.9 Å². The van der Waals surface area contributed by atoms with Crippen molar-refractivity contribution in [2.75, 3.05) is 6.54 Å². The van der Waals surface area contributed by atoms with Crippen molar-refractivity contribution in [3.05, 3.63) is 33.5 Å². The van der Waals surface area contributed by atoms with Crippen LogP contribution in [0.5, 0.6) is 0 Å². The lowest BCUT2D eigenvalue weighted by molar-refractivity contribution is 0.0949. The van der Waals surface area contributed by atoms with Crippen LogP contribution in [0, 0.1) is 6.92 Å². The van der Waals surface area contributed by atoms with Crippen LogP contribution in [0.15, 0.2) is 11.4 Å². The van der Waals surface area contributed by atoms with E-state index in [4.69, 9.17) is 0 Å². The second-order valence-electron chi connectivity index (χ2n) is 4.73. The molecule has 0 bridgehead atoms. The van der Waals surface area contributed by atoms with E-state index >= 15 is 0 Å². The van der Waals surface area contributed by atoms with E-state index in [0.29, 0.717) is 18.2 Å². The Morgan fingerprint density at radius 3 is 2.89 bits per heavy atom. The van der Waals surface area contributed by atoms with Gasteiger partial charge >= 0.3 is 0 Å². The van der Waals surface area contributed by atoms with Gasteiger partial charge in [0, 0.05) is 24.0 Å². The molecule has 0 saturated heterocycles. The second kappa shape index (κ2) is 5.97. The molecule has 5 nitrogen and oxygen atoms in total. The third kappa shape index (κ3) is 3.64. The maximum Gasteiger partial charge on any atom is 0.271 e. The zero-order valence-corrected chi connectivity index (χ0v) is 12.2. The minimum absolute atomic E-state index is 0.143. The summed E-state index contributed by atoms with van der Waals surface area (Å²) in [5.41, 5.74) is 2.44. The summed E-state index contributed by atoms with van der Waals surface area (Å²) in [7, 11) is 0. The molecular weight excluding hydrogens is 260 g/mol. The highest BCUT2D eigenvalue weighted by Crippen LogP contribution is 2.12. The van der Waals surface area contributed by atoms with Crippen molar-refractivity contribution < 1.29 is 4.79 Å². The fourth-order valence-electron chi connectivity index (χ4n) is 1.67. The van der Waals surface area contributed by atoms with Crippen LogP contribution in [0.2, 0.25) is 0 Å². The Morgan fingerprint density at radius 2 is 2.32 bits per heavy atom. The van der Waals surface area contributed by atoms with Crippen LogP contribution >= 0.6 is 11.3 Å². The Morgan fingerprint density at radius 1 is 1.53 bits per heavy atom. The number of hydrogen-bond acceptors (Lipinski definition) is 4. The van der Waals surface area contributed by atoms with Gasteiger partial charge in [0.2, 0.25) is 0 Å². The molecule has 19 heavy (non-hydrogen) atoms. The zero-order chi connectivity index (χ0) is 13.8. The van der Waals surface area contributed by atoms with Crippen molar-refractivity contribution in [2.45, 2.75) is 33.1 Å². The van der Waals surface area contributed by atoms with Crippen LogP contribution in [0.4, 0.5) is 0 Å². The first-order chi connectivity index (χ1) is 9.06. The zero-order valence-electron chi connectivity index (χ0n) is 11.4. The van der Waals surface area contributed by atoms with E-state index in [2.05, 4.69) is 34.3 Å². The fourth-order valence-corrected chi connectivity index (χ4v) is 2.31. The van der Waals surface area contributed by atoms with E-state index in [9.17, 15) is 4.79 Å². The molecule has 0 aliphatic rings. The molecule has 0 spiro atoms. The van der Waals surface area contributed by atoms with E-state index in [1.165, 1.54) is 0 Å². The van der Waals surface area contributed by atoms with Crippen LogP contribution in [0.3, 0.4) is 0 Å². The molecule has 6 heteroatoms. The molecule has 0 radical (unpaired) electrons. The largest absolute Gasteiger partial charge is 0.350 e. The number of hydrogen-bond donors (Lipinski definition) is 2. The number of rotatable bonds is 5. The highest BCUT2D eigenvalue weighted by Gasteiger charge is 2.11. The van der Waals surface area contributed by atoms with Crippen molar-refractivity contribution in [1.82, 2.24) is 20.5 Å². The predicted octanol–water partition coefficient (Wildman–Crippen LogP) is 2.27. The number of nitrogens with one attached hydrogen (secondary N) is 2. The molecule has 2 aromatic heterocycles. The quantitative estimate of drug-likeness (QED) is 0.881. The molecule has 2 rings (SSSR count). The molecule has 0 aliphatic heterocycles. The van der Waals surface area contributed by atoms with Crippen LogP contribution in [-0.4, -0.2) is 27.6 Å². The lowest BCUT2D eigenvalue weighted by atomic mass is 10.1. The van der Waals surface area contributed by atoms with E-state index in [1.54, 1.807) is 17.4 Å². The summed E-state index contributed by atoms with van der Waals surface area (Å²) < 4.78 is 0. The summed E-state index contributed by atoms with van der Waals surface area (Å²) in [6.07, 6.45) is 0.748. The molecule has 2 heterocycles. The van der Waals surface area contributed by atoms with Gasteiger partial charge < -0.3 is 5.32 Å². The average Bonchev–Trinajstić information content (AvgIpc) is 2.98. The highest BCUT2D eigenvalue weighted by atomic mass is 32.1. The maximum atomic E-state index is 11.9. The first-order valence-electron chi connectivity index (χ1n) is 6.30. The summed E-state index contributed by atoms with van der Waals surface area (Å²) >= 11 is 1.62. The molecule has 2 aromatic rings. The number of thiazole rings is 1. The fraction of sp³-hybridized carbons (Fsp3) is 0.462. The molecule has 102 valence electrons. The van der Waals surface area contributed by atoms with Gasteiger partial charge in [0.25, 0.3) is 5.91 Å². The van der Waals surface area contributed by atoms with Gasteiger partial charge in [-0.25, -0.2) is 4.98 Å². The molecule has 0 fully saturated rings. The van der Waals surface area contributed by atoms with Gasteiger partial charge in [-0.3, -0.25) is 9.89 Å². The Kier molecular flexibility index (Phi) is 4.31. The third-order valence-electron chi connectivity index (χ3n) is 2.79. The van der Waals surface area contributed by atoms with Gasteiger partial charge in [-0.1, -0.05) is 13.8 Å². The van der Waals surface area contributed by atoms with Gasteiger partial charge in [0.1, 0.15) is 5.69 Å². The van der Waals surface area contributed by atoms with Gasteiger partial charge in [-0.15, -0.1) is 11.3 Å². The minimum atomic E-state index is -0.143. The van der Waals surface area contributed by atoms with Crippen LogP contribution < -0.4 is 5.32 Å². The molecule has 0 aromatic carbocycles. The molecule has 1 amide bonds. The smallest absolute Gasteiger partial charge is 0.271 e. The second-order valence-corrected chi connectivity index (χ2v) is 5.79. The lowest BCUT2D eigenvalue weighted by Crippen LogP contribution is -2.26. The van der Waals surface area contributed by atoms with Crippen molar-refractivity contribution in [1.29, 1.82) is 0 Å². The molecule has 0 atom stereocenters. The topological polar surface area (TPSA) is 70.7 Å². The van der Waals surface area contributed by atoms with E-state index < -0.39 is 0 Å². The first kappa shape index (κ1) is 13.7. The summed E-state index contributed by atoms with van der Waals surface area (Å²) in [4.78, 5) is 16.2. The van der Waals surface area contributed by atoms with Gasteiger partial charge in [0.15, 0.2) is 0 Å². The maximum absolute atomic E-state index is 11.9. The Hall–Kier alpha value is -1.69. The van der Waals surface area contributed by atoms with E-state index in [1.807, 2.05) is 12.3 Å². The van der Waals surface area contributed by atoms with Crippen molar-refractivity contribution in [3.63, 3.8) is 0 Å². The van der Waals surface area contributed by atoms with E-state index in [0.717, 1.165) is 22.8 Å². The van der Waals surface area contributed by atoms with Gasteiger partial charge in [0.05, 0.1) is 10.7 Å². The normalized spacial score (nSPS) is 10.9. The Bertz CT molecular complexity index is 558. The van der Waals surface area contributed by atoms with E-state index in [-0.39, 0.29) is 5.91 Å². The first-order valence-corrected chi connectivity index (χ1v) is 7.18. The molecular formula is C13H18N4OS. The van der Waals surface area contributed by atoms with Gasteiger partial charge in [-0.2, -0.15) is 5.10 Å². The number of carbonyl (C=O) groups excluding carboxylic acids is 1. The number of H-pyrrole nitrogens is 1. The molecule has 0 saturated carbocycles. The van der Waals surface area contributed by atoms with Crippen molar-refractivity contribution in [2.24, 2.45) is 0 Å².